The van der Waals surface area contributed by atoms with Crippen LogP contribution in [0.25, 0.3) is 0 Å². The molecule has 1 saturated heterocycles. The summed E-state index contributed by atoms with van der Waals surface area (Å²) in [5.41, 5.74) is 0. The third-order valence-corrected chi connectivity index (χ3v) is 8.85. The maximum atomic E-state index is 11.7. The zero-order chi connectivity index (χ0) is 32.9. The highest BCUT2D eigenvalue weighted by Gasteiger charge is 2.47. The summed E-state index contributed by atoms with van der Waals surface area (Å²) in [7, 11) is 4.43. The number of esters is 3. The minimum atomic E-state index is -3.42. The van der Waals surface area contributed by atoms with Gasteiger partial charge in [0.15, 0.2) is 17.5 Å². The molecule has 2 fully saturated rings. The Kier molecular flexibility index (Phi) is 16.9. The SMILES string of the molecule is COCC1CC(NC(=S)NCCCCOC2CC(OC(C)=O)C(OC(C)=O)C(COC(C)=O)O2)C(OC)C1OP(O)(=S)OC. The summed E-state index contributed by atoms with van der Waals surface area (Å²) in [6.45, 7) is 1.34. The van der Waals surface area contributed by atoms with Crippen LogP contribution in [0.3, 0.4) is 0 Å². The fraction of sp³-hybridized carbons (Fsp3) is 0.846. The molecule has 18 heteroatoms. The first-order chi connectivity index (χ1) is 20.8. The van der Waals surface area contributed by atoms with E-state index >= 15 is 0 Å². The Labute approximate surface area is 268 Å². The van der Waals surface area contributed by atoms with E-state index in [9.17, 15) is 19.3 Å². The molecule has 0 aromatic heterocycles. The van der Waals surface area contributed by atoms with Gasteiger partial charge < -0.3 is 57.7 Å². The van der Waals surface area contributed by atoms with Gasteiger partial charge in [-0.1, -0.05) is 0 Å². The molecule has 254 valence electrons. The molecule has 0 radical (unpaired) electrons. The average Bonchev–Trinajstić information content (AvgIpc) is 3.24. The molecule has 3 N–H and O–H groups in total. The van der Waals surface area contributed by atoms with Gasteiger partial charge in [-0.3, -0.25) is 14.4 Å². The molecule has 44 heavy (non-hydrogen) atoms. The van der Waals surface area contributed by atoms with Gasteiger partial charge in [0.25, 0.3) is 0 Å². The number of nitrogens with one attached hydrogen (secondary N) is 2. The first-order valence-electron chi connectivity index (χ1n) is 14.2. The van der Waals surface area contributed by atoms with Crippen molar-refractivity contribution in [2.45, 2.75) is 89.3 Å². The first kappa shape index (κ1) is 38.7. The molecule has 0 amide bonds. The molecule has 0 bridgehead atoms. The Morgan fingerprint density at radius 2 is 1.66 bits per heavy atom. The highest BCUT2D eigenvalue weighted by Crippen LogP contribution is 2.48. The van der Waals surface area contributed by atoms with Gasteiger partial charge in [-0.2, -0.15) is 0 Å². The lowest BCUT2D eigenvalue weighted by Crippen LogP contribution is -2.54. The Morgan fingerprint density at radius 3 is 2.25 bits per heavy atom. The topological polar surface area (TPSA) is 179 Å². The summed E-state index contributed by atoms with van der Waals surface area (Å²) in [6.07, 6.45) is -2.37. The van der Waals surface area contributed by atoms with Crippen molar-refractivity contribution in [3.63, 3.8) is 0 Å². The van der Waals surface area contributed by atoms with Crippen molar-refractivity contribution >= 4 is 53.8 Å². The minimum Gasteiger partial charge on any atom is -0.463 e. The average molecular weight is 689 g/mol. The summed E-state index contributed by atoms with van der Waals surface area (Å²) in [6, 6.07) is -0.218. The maximum absolute atomic E-state index is 11.7. The number of methoxy groups -OCH3 is 2. The lowest BCUT2D eigenvalue weighted by atomic mass is 10.0. The lowest BCUT2D eigenvalue weighted by molar-refractivity contribution is -0.266. The maximum Gasteiger partial charge on any atom is 0.324 e. The molecule has 0 aromatic carbocycles. The third-order valence-electron chi connectivity index (χ3n) is 6.91. The second-order valence-corrected chi connectivity index (χ2v) is 13.6. The molecule has 1 aliphatic carbocycles. The van der Waals surface area contributed by atoms with Gasteiger partial charge in [0.1, 0.15) is 31.0 Å². The van der Waals surface area contributed by atoms with E-state index in [1.165, 1.54) is 27.9 Å². The molecule has 0 spiro atoms. The highest BCUT2D eigenvalue weighted by atomic mass is 32.5. The molecule has 9 atom stereocenters. The van der Waals surface area contributed by atoms with Crippen molar-refractivity contribution < 1.29 is 61.5 Å². The van der Waals surface area contributed by atoms with Crippen molar-refractivity contribution in [3.05, 3.63) is 0 Å². The van der Waals surface area contributed by atoms with E-state index in [4.69, 9.17) is 66.2 Å². The van der Waals surface area contributed by atoms with Gasteiger partial charge in [0.2, 0.25) is 0 Å². The number of carbonyl (C=O) groups excluding carboxylic acids is 3. The Bertz CT molecular complexity index is 1010. The molecule has 0 aromatic rings. The van der Waals surface area contributed by atoms with Crippen LogP contribution in [0.1, 0.15) is 46.5 Å². The van der Waals surface area contributed by atoms with Crippen LogP contribution in [0.4, 0.5) is 0 Å². The molecular formula is C26H45N2O13PS2. The van der Waals surface area contributed by atoms with Crippen LogP contribution in [-0.2, 0) is 68.4 Å². The van der Waals surface area contributed by atoms with E-state index in [1.807, 2.05) is 0 Å². The first-order valence-corrected chi connectivity index (χ1v) is 17.2. The van der Waals surface area contributed by atoms with Crippen molar-refractivity contribution in [3.8, 4) is 0 Å². The zero-order valence-electron chi connectivity index (χ0n) is 25.9. The highest BCUT2D eigenvalue weighted by molar-refractivity contribution is 8.07. The molecule has 1 saturated carbocycles. The van der Waals surface area contributed by atoms with E-state index in [-0.39, 0.29) is 25.0 Å². The van der Waals surface area contributed by atoms with Crippen molar-refractivity contribution in [2.75, 3.05) is 47.7 Å². The molecule has 9 unspecified atom stereocenters. The van der Waals surface area contributed by atoms with Crippen LogP contribution in [0.2, 0.25) is 0 Å². The predicted octanol–water partition coefficient (Wildman–Crippen LogP) is 1.09. The number of rotatable bonds is 17. The molecular weight excluding hydrogens is 643 g/mol. The van der Waals surface area contributed by atoms with Crippen molar-refractivity contribution in [1.29, 1.82) is 0 Å². The summed E-state index contributed by atoms with van der Waals surface area (Å²) < 4.78 is 49.3. The molecule has 1 aliphatic heterocycles. The second-order valence-electron chi connectivity index (χ2n) is 10.3. The molecule has 2 rings (SSSR count). The van der Waals surface area contributed by atoms with Crippen LogP contribution < -0.4 is 10.6 Å². The zero-order valence-corrected chi connectivity index (χ0v) is 28.4. The largest absolute Gasteiger partial charge is 0.463 e. The van der Waals surface area contributed by atoms with E-state index in [0.29, 0.717) is 44.1 Å². The van der Waals surface area contributed by atoms with E-state index in [2.05, 4.69) is 10.6 Å². The van der Waals surface area contributed by atoms with Crippen LogP contribution in [0.15, 0.2) is 0 Å². The van der Waals surface area contributed by atoms with Gasteiger partial charge in [-0.15, -0.1) is 0 Å². The van der Waals surface area contributed by atoms with Crippen LogP contribution in [0, 0.1) is 5.92 Å². The van der Waals surface area contributed by atoms with E-state index in [1.54, 1.807) is 14.2 Å². The number of ether oxygens (including phenoxy) is 7. The Hall–Kier alpha value is -1.53. The summed E-state index contributed by atoms with van der Waals surface area (Å²) in [4.78, 5) is 44.9. The van der Waals surface area contributed by atoms with Crippen molar-refractivity contribution in [1.82, 2.24) is 10.6 Å². The van der Waals surface area contributed by atoms with Crippen LogP contribution in [0.5, 0.6) is 0 Å². The standard InChI is InChI=1S/C26H45N2O13PS2/c1-15(29)37-14-21-25(39-17(3)31)20(38-16(2)30)12-22(40-21)36-10-8-7-9-27-26(43)28-19-11-18(13-33-4)23(24(19)34-5)41-42(32,44)35-6/h18-25H,7-14H2,1-6H3,(H,32,44)(H2,27,28,43). The Morgan fingerprint density at radius 1 is 0.955 bits per heavy atom. The number of carbonyl (C=O) groups is 3. The van der Waals surface area contributed by atoms with Crippen LogP contribution >= 0.6 is 18.9 Å². The van der Waals surface area contributed by atoms with Crippen LogP contribution in [-0.4, -0.2) is 118 Å². The second kappa shape index (κ2) is 19.2. The molecule has 15 nitrogen and oxygen atoms in total. The summed E-state index contributed by atoms with van der Waals surface area (Å²) in [5, 5.41) is 6.85. The predicted molar refractivity (Wildman–Crippen MR) is 163 cm³/mol. The van der Waals surface area contributed by atoms with Crippen molar-refractivity contribution in [2.24, 2.45) is 5.92 Å². The van der Waals surface area contributed by atoms with Gasteiger partial charge in [-0.05, 0) is 43.3 Å². The number of hydrogen-bond donors (Lipinski definition) is 3. The lowest BCUT2D eigenvalue weighted by Gasteiger charge is -2.39. The fourth-order valence-electron chi connectivity index (χ4n) is 5.12. The summed E-state index contributed by atoms with van der Waals surface area (Å²) in [5.74, 6) is -1.79. The van der Waals surface area contributed by atoms with Gasteiger partial charge in [0.05, 0.1) is 12.6 Å². The quantitative estimate of drug-likeness (QED) is 0.0650. The smallest absolute Gasteiger partial charge is 0.324 e. The minimum absolute atomic E-state index is 0.104. The van der Waals surface area contributed by atoms with E-state index < -0.39 is 61.4 Å². The monoisotopic (exact) mass is 688 g/mol. The van der Waals surface area contributed by atoms with Gasteiger partial charge in [0, 0.05) is 67.6 Å². The fourth-order valence-corrected chi connectivity index (χ4v) is 6.36. The number of unbranched alkanes of at least 4 members (excludes halogenated alkanes) is 1. The van der Waals surface area contributed by atoms with Gasteiger partial charge >= 0.3 is 24.6 Å². The number of hydrogen-bond acceptors (Lipinski definition) is 14. The third kappa shape index (κ3) is 13.1. The van der Waals surface area contributed by atoms with E-state index in [0.717, 1.165) is 0 Å². The van der Waals surface area contributed by atoms with Gasteiger partial charge in [-0.25, -0.2) is 0 Å². The molecule has 2 aliphatic rings. The normalized spacial score (nSPS) is 29.7. The number of thiocarbonyl (C=S) groups is 1. The summed E-state index contributed by atoms with van der Waals surface area (Å²) >= 11 is 10.5. The Balaban J connectivity index is 1.83. The molecule has 1 heterocycles.